The number of nitrogens with zero attached hydrogens (tertiary/aromatic N) is 1. The molecule has 0 bridgehead atoms. The van der Waals surface area contributed by atoms with Gasteiger partial charge >= 0.3 is 11.9 Å². The zero-order chi connectivity index (χ0) is 13.5. The number of carbonyl (C=O) groups is 2. The first kappa shape index (κ1) is 15.6. The minimum atomic E-state index is -3.28. The zero-order valence-corrected chi connectivity index (χ0v) is 10.7. The second-order valence-corrected chi connectivity index (χ2v) is 5.20. The standard InChI is InChI=1S/C9H15NO6S/c1-10(17(3,13)14)6-7-16-9(12)5-4-8(11)15-2/h4-5H,6-7H2,1-3H3/b5-4+. The van der Waals surface area contributed by atoms with Crippen LogP contribution in [0, 0.1) is 0 Å². The molecule has 0 rings (SSSR count). The van der Waals surface area contributed by atoms with E-state index in [4.69, 9.17) is 0 Å². The molecule has 0 N–H and O–H groups in total. The molecular formula is C9H15NO6S. The van der Waals surface area contributed by atoms with Gasteiger partial charge in [0.1, 0.15) is 6.61 Å². The molecule has 0 atom stereocenters. The third kappa shape index (κ3) is 7.47. The first-order valence-corrected chi connectivity index (χ1v) is 6.46. The predicted octanol–water partition coefficient (Wildman–Crippen LogP) is -0.850. The van der Waals surface area contributed by atoms with Gasteiger partial charge in [-0.15, -0.1) is 0 Å². The Morgan fingerprint density at radius 3 is 2.24 bits per heavy atom. The Kier molecular flexibility index (Phi) is 6.44. The van der Waals surface area contributed by atoms with E-state index in [1.165, 1.54) is 14.2 Å². The van der Waals surface area contributed by atoms with Crippen LogP contribution in [0.15, 0.2) is 12.2 Å². The van der Waals surface area contributed by atoms with Gasteiger partial charge in [0, 0.05) is 25.7 Å². The summed E-state index contributed by atoms with van der Waals surface area (Å²) in [6.45, 7) is -0.0371. The van der Waals surface area contributed by atoms with Gasteiger partial charge in [0.15, 0.2) is 0 Å². The van der Waals surface area contributed by atoms with Crippen molar-refractivity contribution in [1.82, 2.24) is 4.31 Å². The van der Waals surface area contributed by atoms with E-state index in [1.807, 2.05) is 0 Å². The Morgan fingerprint density at radius 2 is 1.76 bits per heavy atom. The summed E-state index contributed by atoms with van der Waals surface area (Å²) in [5.74, 6) is -1.41. The van der Waals surface area contributed by atoms with Gasteiger partial charge in [-0.3, -0.25) is 0 Å². The molecule has 0 fully saturated rings. The molecule has 0 aromatic rings. The molecule has 0 amide bonds. The van der Waals surface area contributed by atoms with Crippen molar-refractivity contribution in [3.63, 3.8) is 0 Å². The van der Waals surface area contributed by atoms with Crippen LogP contribution >= 0.6 is 0 Å². The summed E-state index contributed by atoms with van der Waals surface area (Å²) >= 11 is 0. The second kappa shape index (κ2) is 7.02. The molecule has 0 saturated carbocycles. The molecule has 8 heteroatoms. The molecule has 0 aliphatic rings. The van der Waals surface area contributed by atoms with E-state index in [0.29, 0.717) is 0 Å². The van der Waals surface area contributed by atoms with Crippen molar-refractivity contribution in [1.29, 1.82) is 0 Å². The summed E-state index contributed by atoms with van der Waals surface area (Å²) < 4.78 is 31.9. The summed E-state index contributed by atoms with van der Waals surface area (Å²) in [6.07, 6.45) is 2.88. The van der Waals surface area contributed by atoms with Crippen LogP contribution in [-0.4, -0.2) is 58.2 Å². The zero-order valence-electron chi connectivity index (χ0n) is 9.87. The third-order valence-corrected chi connectivity index (χ3v) is 3.09. The fraction of sp³-hybridized carbons (Fsp3) is 0.556. The number of hydrogen-bond donors (Lipinski definition) is 0. The Morgan fingerprint density at radius 1 is 1.24 bits per heavy atom. The van der Waals surface area contributed by atoms with Crippen LogP contribution in [0.25, 0.3) is 0 Å². The Bertz CT molecular complexity index is 400. The number of carbonyl (C=O) groups excluding carboxylic acids is 2. The van der Waals surface area contributed by atoms with Crippen LogP contribution in [0.1, 0.15) is 0 Å². The molecule has 0 aliphatic carbocycles. The maximum atomic E-state index is 11.0. The van der Waals surface area contributed by atoms with Crippen molar-refractivity contribution in [3.05, 3.63) is 12.2 Å². The van der Waals surface area contributed by atoms with Crippen LogP contribution in [0.2, 0.25) is 0 Å². The SMILES string of the molecule is COC(=O)/C=C/C(=O)OCCN(C)S(C)(=O)=O. The van der Waals surface area contributed by atoms with Crippen LogP contribution in [0.3, 0.4) is 0 Å². The number of sulfonamides is 1. The lowest BCUT2D eigenvalue weighted by Crippen LogP contribution is -2.29. The first-order chi connectivity index (χ1) is 7.77. The molecule has 0 unspecified atom stereocenters. The predicted molar refractivity (Wildman–Crippen MR) is 59.6 cm³/mol. The highest BCUT2D eigenvalue weighted by atomic mass is 32.2. The third-order valence-electron chi connectivity index (χ3n) is 1.77. The summed E-state index contributed by atoms with van der Waals surface area (Å²) in [5.41, 5.74) is 0. The van der Waals surface area contributed by atoms with Crippen molar-refractivity contribution in [2.24, 2.45) is 0 Å². The minimum absolute atomic E-state index is 0.0522. The highest BCUT2D eigenvalue weighted by Crippen LogP contribution is 1.93. The summed E-state index contributed by atoms with van der Waals surface area (Å²) in [4.78, 5) is 21.6. The summed E-state index contributed by atoms with van der Waals surface area (Å²) in [7, 11) is -0.732. The maximum Gasteiger partial charge on any atom is 0.331 e. The van der Waals surface area contributed by atoms with Gasteiger partial charge in [-0.1, -0.05) is 0 Å². The quantitative estimate of drug-likeness (QED) is 0.459. The minimum Gasteiger partial charge on any atom is -0.466 e. The van der Waals surface area contributed by atoms with Crippen molar-refractivity contribution < 1.29 is 27.5 Å². The monoisotopic (exact) mass is 265 g/mol. The van der Waals surface area contributed by atoms with E-state index in [0.717, 1.165) is 22.7 Å². The molecule has 0 aromatic heterocycles. The lowest BCUT2D eigenvalue weighted by atomic mass is 10.5. The van der Waals surface area contributed by atoms with E-state index in [2.05, 4.69) is 9.47 Å². The average molecular weight is 265 g/mol. The van der Waals surface area contributed by atoms with E-state index in [9.17, 15) is 18.0 Å². The van der Waals surface area contributed by atoms with E-state index in [1.54, 1.807) is 0 Å². The Labute approximate surface area is 100 Å². The van der Waals surface area contributed by atoms with Crippen molar-refractivity contribution in [2.45, 2.75) is 0 Å². The molecular weight excluding hydrogens is 250 g/mol. The maximum absolute atomic E-state index is 11.0. The van der Waals surface area contributed by atoms with Crippen molar-refractivity contribution >= 4 is 22.0 Å². The van der Waals surface area contributed by atoms with Gasteiger partial charge < -0.3 is 9.47 Å². The molecule has 7 nitrogen and oxygen atoms in total. The van der Waals surface area contributed by atoms with Gasteiger partial charge in [0.05, 0.1) is 13.4 Å². The highest BCUT2D eigenvalue weighted by molar-refractivity contribution is 7.88. The number of hydrogen-bond acceptors (Lipinski definition) is 6. The average Bonchev–Trinajstić information content (AvgIpc) is 2.24. The molecule has 98 valence electrons. The highest BCUT2D eigenvalue weighted by Gasteiger charge is 2.10. The summed E-state index contributed by atoms with van der Waals surface area (Å²) in [5, 5.41) is 0. The Balaban J connectivity index is 3.95. The molecule has 0 radical (unpaired) electrons. The first-order valence-electron chi connectivity index (χ1n) is 4.61. The summed E-state index contributed by atoms with van der Waals surface area (Å²) in [6, 6.07) is 0. The molecule has 0 heterocycles. The normalized spacial score (nSPS) is 11.8. The number of ether oxygens (including phenoxy) is 2. The van der Waals surface area contributed by atoms with E-state index in [-0.39, 0.29) is 13.2 Å². The number of methoxy groups -OCH3 is 1. The fourth-order valence-corrected chi connectivity index (χ4v) is 1.10. The molecule has 0 saturated heterocycles. The second-order valence-electron chi connectivity index (χ2n) is 3.11. The van der Waals surface area contributed by atoms with Crippen molar-refractivity contribution in [2.75, 3.05) is 33.6 Å². The number of rotatable bonds is 6. The molecule has 0 spiro atoms. The van der Waals surface area contributed by atoms with Gasteiger partial charge in [0.2, 0.25) is 10.0 Å². The number of esters is 2. The van der Waals surface area contributed by atoms with Crippen LogP contribution in [-0.2, 0) is 29.1 Å². The smallest absolute Gasteiger partial charge is 0.331 e. The largest absolute Gasteiger partial charge is 0.466 e. The van der Waals surface area contributed by atoms with Gasteiger partial charge in [-0.05, 0) is 0 Å². The topological polar surface area (TPSA) is 90.0 Å². The fourth-order valence-electron chi connectivity index (χ4n) is 0.693. The van der Waals surface area contributed by atoms with E-state index >= 15 is 0 Å². The molecule has 17 heavy (non-hydrogen) atoms. The molecule has 0 aromatic carbocycles. The Hall–Kier alpha value is -1.41. The van der Waals surface area contributed by atoms with Gasteiger partial charge in [0.25, 0.3) is 0 Å². The van der Waals surface area contributed by atoms with Gasteiger partial charge in [-0.25, -0.2) is 22.3 Å². The van der Waals surface area contributed by atoms with E-state index < -0.39 is 22.0 Å². The lowest BCUT2D eigenvalue weighted by molar-refractivity contribution is -0.139. The van der Waals surface area contributed by atoms with Crippen LogP contribution in [0.4, 0.5) is 0 Å². The number of likely N-dealkylation sites (N-methyl/N-ethyl adjacent to an activating group) is 1. The van der Waals surface area contributed by atoms with Crippen LogP contribution in [0.5, 0.6) is 0 Å². The van der Waals surface area contributed by atoms with Gasteiger partial charge in [-0.2, -0.15) is 0 Å². The van der Waals surface area contributed by atoms with Crippen LogP contribution < -0.4 is 0 Å². The lowest BCUT2D eigenvalue weighted by Gasteiger charge is -2.13. The molecule has 0 aliphatic heterocycles. The van der Waals surface area contributed by atoms with Crippen molar-refractivity contribution in [3.8, 4) is 0 Å².